The lowest BCUT2D eigenvalue weighted by molar-refractivity contribution is 0.648. The molecule has 0 unspecified atom stereocenters. The van der Waals surface area contributed by atoms with Crippen LogP contribution in [-0.2, 0) is 0 Å². The molecule has 1 fully saturated rings. The third-order valence-corrected chi connectivity index (χ3v) is 2.78. The predicted molar refractivity (Wildman–Crippen MR) is 56.4 cm³/mol. The smallest absolute Gasteiger partial charge is 0.0424 e. The first-order chi connectivity index (χ1) is 6.25. The molecule has 0 spiro atoms. The summed E-state index contributed by atoms with van der Waals surface area (Å²) in [7, 11) is 0. The van der Waals surface area contributed by atoms with Gasteiger partial charge < -0.3 is 5.32 Å². The van der Waals surface area contributed by atoms with Crippen molar-refractivity contribution in [2.45, 2.75) is 18.9 Å². The van der Waals surface area contributed by atoms with E-state index in [1.54, 1.807) is 6.07 Å². The summed E-state index contributed by atoms with van der Waals surface area (Å²) in [6, 6.07) is 6.17. The van der Waals surface area contributed by atoms with Gasteiger partial charge in [-0.25, -0.2) is 0 Å². The highest BCUT2D eigenvalue weighted by Crippen LogP contribution is 2.28. The van der Waals surface area contributed by atoms with Crippen molar-refractivity contribution in [2.75, 3.05) is 6.54 Å². The molecule has 0 amide bonds. The van der Waals surface area contributed by atoms with Gasteiger partial charge in [0.05, 0.1) is 0 Å². The van der Waals surface area contributed by atoms with Crippen LogP contribution in [0.15, 0.2) is 18.2 Å². The molecule has 2 rings (SSSR count). The Kier molecular flexibility index (Phi) is 2.77. The van der Waals surface area contributed by atoms with E-state index < -0.39 is 0 Å². The average Bonchev–Trinajstić information content (AvgIpc) is 2.53. The zero-order valence-corrected chi connectivity index (χ0v) is 8.70. The van der Waals surface area contributed by atoms with Gasteiger partial charge in [-0.2, -0.15) is 0 Å². The molecule has 1 aromatic rings. The van der Waals surface area contributed by atoms with Gasteiger partial charge in [-0.1, -0.05) is 23.2 Å². The zero-order chi connectivity index (χ0) is 9.26. The molecule has 70 valence electrons. The maximum Gasteiger partial charge on any atom is 0.0424 e. The Morgan fingerprint density at radius 3 is 2.38 bits per heavy atom. The van der Waals surface area contributed by atoms with E-state index in [0.29, 0.717) is 6.04 Å². The highest BCUT2D eigenvalue weighted by molar-refractivity contribution is 6.34. The number of hydrogen-bond acceptors (Lipinski definition) is 1. The van der Waals surface area contributed by atoms with E-state index in [0.717, 1.165) is 16.6 Å². The molecule has 1 aliphatic heterocycles. The number of benzene rings is 1. The SMILES string of the molecule is Clc1cc(Cl)cc([C@@H]2CCCN2)c1. The fraction of sp³-hybridized carbons (Fsp3) is 0.400. The van der Waals surface area contributed by atoms with Crippen LogP contribution in [0.1, 0.15) is 24.4 Å². The Morgan fingerprint density at radius 2 is 1.85 bits per heavy atom. The molecule has 1 aliphatic rings. The van der Waals surface area contributed by atoms with Crippen molar-refractivity contribution in [3.05, 3.63) is 33.8 Å². The topological polar surface area (TPSA) is 12.0 Å². The quantitative estimate of drug-likeness (QED) is 0.758. The highest BCUT2D eigenvalue weighted by atomic mass is 35.5. The van der Waals surface area contributed by atoms with Crippen molar-refractivity contribution < 1.29 is 0 Å². The third-order valence-electron chi connectivity index (χ3n) is 2.35. The maximum atomic E-state index is 5.92. The Hall–Kier alpha value is -0.240. The van der Waals surface area contributed by atoms with Crippen molar-refractivity contribution in [1.29, 1.82) is 0 Å². The zero-order valence-electron chi connectivity index (χ0n) is 7.19. The fourth-order valence-corrected chi connectivity index (χ4v) is 2.29. The second-order valence-electron chi connectivity index (χ2n) is 3.35. The molecule has 1 saturated heterocycles. The van der Waals surface area contributed by atoms with Crippen LogP contribution < -0.4 is 5.32 Å². The predicted octanol–water partition coefficient (Wildman–Crippen LogP) is 3.42. The van der Waals surface area contributed by atoms with E-state index in [1.807, 2.05) is 12.1 Å². The second-order valence-corrected chi connectivity index (χ2v) is 4.22. The van der Waals surface area contributed by atoms with Crippen molar-refractivity contribution in [3.8, 4) is 0 Å². The van der Waals surface area contributed by atoms with Gasteiger partial charge in [0.2, 0.25) is 0 Å². The Morgan fingerprint density at radius 1 is 1.15 bits per heavy atom. The van der Waals surface area contributed by atoms with Gasteiger partial charge in [-0.15, -0.1) is 0 Å². The van der Waals surface area contributed by atoms with Gasteiger partial charge >= 0.3 is 0 Å². The van der Waals surface area contributed by atoms with Gasteiger partial charge in [0.1, 0.15) is 0 Å². The normalized spacial score (nSPS) is 22.2. The molecule has 1 nitrogen and oxygen atoms in total. The first-order valence-corrected chi connectivity index (χ1v) is 5.21. The number of halogens is 2. The molecule has 0 saturated carbocycles. The minimum absolute atomic E-state index is 0.441. The fourth-order valence-electron chi connectivity index (χ4n) is 1.75. The molecule has 0 bridgehead atoms. The number of rotatable bonds is 1. The Labute approximate surface area is 88.0 Å². The van der Waals surface area contributed by atoms with Crippen LogP contribution in [0.25, 0.3) is 0 Å². The molecule has 1 aromatic carbocycles. The first-order valence-electron chi connectivity index (χ1n) is 4.45. The van der Waals surface area contributed by atoms with Gasteiger partial charge in [-0.3, -0.25) is 0 Å². The van der Waals surface area contributed by atoms with Crippen LogP contribution in [0.3, 0.4) is 0 Å². The summed E-state index contributed by atoms with van der Waals surface area (Å²) >= 11 is 11.8. The van der Waals surface area contributed by atoms with Crippen LogP contribution in [-0.4, -0.2) is 6.54 Å². The van der Waals surface area contributed by atoms with Crippen molar-refractivity contribution in [1.82, 2.24) is 5.32 Å². The monoisotopic (exact) mass is 215 g/mol. The third kappa shape index (κ3) is 2.16. The number of nitrogens with one attached hydrogen (secondary N) is 1. The summed E-state index contributed by atoms with van der Waals surface area (Å²) < 4.78 is 0. The van der Waals surface area contributed by atoms with Crippen molar-refractivity contribution in [3.63, 3.8) is 0 Å². The van der Waals surface area contributed by atoms with Gasteiger partial charge in [-0.05, 0) is 43.1 Å². The number of hydrogen-bond donors (Lipinski definition) is 1. The summed E-state index contributed by atoms with van der Waals surface area (Å²) in [6.45, 7) is 1.09. The molecule has 13 heavy (non-hydrogen) atoms. The second kappa shape index (κ2) is 3.87. The summed E-state index contributed by atoms with van der Waals surface area (Å²) in [5.41, 5.74) is 1.20. The van der Waals surface area contributed by atoms with E-state index in [1.165, 1.54) is 18.4 Å². The maximum absolute atomic E-state index is 5.92. The highest BCUT2D eigenvalue weighted by Gasteiger charge is 2.16. The van der Waals surface area contributed by atoms with Crippen LogP contribution >= 0.6 is 23.2 Å². The van der Waals surface area contributed by atoms with E-state index in [2.05, 4.69) is 5.32 Å². The lowest BCUT2D eigenvalue weighted by Gasteiger charge is -2.11. The standard InChI is InChI=1S/C10H11Cl2N/c11-8-4-7(5-9(12)6-8)10-2-1-3-13-10/h4-6,10,13H,1-3H2/t10-/m0/s1. The van der Waals surface area contributed by atoms with Crippen LogP contribution in [0.2, 0.25) is 10.0 Å². The summed E-state index contributed by atoms with van der Waals surface area (Å²) in [4.78, 5) is 0. The Bertz CT molecular complexity index is 286. The van der Waals surface area contributed by atoms with E-state index >= 15 is 0 Å². The molecule has 0 aromatic heterocycles. The summed E-state index contributed by atoms with van der Waals surface area (Å²) in [5, 5.41) is 4.85. The molecule has 1 heterocycles. The van der Waals surface area contributed by atoms with Gasteiger partial charge in [0.15, 0.2) is 0 Å². The van der Waals surface area contributed by atoms with E-state index in [9.17, 15) is 0 Å². The lowest BCUT2D eigenvalue weighted by atomic mass is 10.1. The molecule has 3 heteroatoms. The molecule has 0 aliphatic carbocycles. The average molecular weight is 216 g/mol. The molecule has 1 atom stereocenters. The van der Waals surface area contributed by atoms with Gasteiger partial charge in [0.25, 0.3) is 0 Å². The van der Waals surface area contributed by atoms with Crippen LogP contribution in [0.5, 0.6) is 0 Å². The van der Waals surface area contributed by atoms with Crippen LogP contribution in [0.4, 0.5) is 0 Å². The van der Waals surface area contributed by atoms with Crippen molar-refractivity contribution >= 4 is 23.2 Å². The van der Waals surface area contributed by atoms with E-state index in [-0.39, 0.29) is 0 Å². The molecular weight excluding hydrogens is 205 g/mol. The molecular formula is C10H11Cl2N. The minimum Gasteiger partial charge on any atom is -0.310 e. The summed E-state index contributed by atoms with van der Waals surface area (Å²) in [6.07, 6.45) is 2.41. The minimum atomic E-state index is 0.441. The first kappa shape index (κ1) is 9.32. The molecule has 0 radical (unpaired) electrons. The lowest BCUT2D eigenvalue weighted by Crippen LogP contribution is -2.12. The summed E-state index contributed by atoms with van der Waals surface area (Å²) in [5.74, 6) is 0. The van der Waals surface area contributed by atoms with Crippen molar-refractivity contribution in [2.24, 2.45) is 0 Å². The molecule has 1 N–H and O–H groups in total. The van der Waals surface area contributed by atoms with Crippen LogP contribution in [0, 0.1) is 0 Å². The Balaban J connectivity index is 2.28. The van der Waals surface area contributed by atoms with Gasteiger partial charge in [0, 0.05) is 16.1 Å². The van der Waals surface area contributed by atoms with E-state index in [4.69, 9.17) is 23.2 Å². The largest absolute Gasteiger partial charge is 0.310 e.